The van der Waals surface area contributed by atoms with E-state index in [1.807, 2.05) is 31.2 Å². The topological polar surface area (TPSA) is 41.5 Å². The molecule has 0 heterocycles. The van der Waals surface area contributed by atoms with Gasteiger partial charge in [0.25, 0.3) is 0 Å². The molecule has 0 aliphatic rings. The molecular formula is C16H18BrNO2. The van der Waals surface area contributed by atoms with Crippen LogP contribution in [0.2, 0.25) is 0 Å². The van der Waals surface area contributed by atoms with Crippen LogP contribution in [-0.2, 0) is 0 Å². The van der Waals surface area contributed by atoms with Gasteiger partial charge in [-0.25, -0.2) is 0 Å². The first-order valence-electron chi connectivity index (χ1n) is 6.41. The molecule has 0 bridgehead atoms. The smallest absolute Gasteiger partial charge is 0.143 e. The quantitative estimate of drug-likeness (QED) is 0.854. The second kappa shape index (κ2) is 6.18. The number of benzene rings is 2. The summed E-state index contributed by atoms with van der Waals surface area (Å²) in [4.78, 5) is 0. The summed E-state index contributed by atoms with van der Waals surface area (Å²) < 4.78 is 6.43. The number of phenols is 1. The minimum atomic E-state index is 0.115. The Hall–Kier alpha value is -1.68. The Morgan fingerprint density at radius 1 is 1.20 bits per heavy atom. The fraction of sp³-hybridized carbons (Fsp3) is 0.250. The first-order chi connectivity index (χ1) is 9.51. The van der Waals surface area contributed by atoms with Crippen molar-refractivity contribution in [3.05, 3.63) is 52.0 Å². The fourth-order valence-corrected chi connectivity index (χ4v) is 2.67. The van der Waals surface area contributed by atoms with Crippen molar-refractivity contribution in [2.45, 2.75) is 19.9 Å². The zero-order valence-corrected chi connectivity index (χ0v) is 13.4. The number of aromatic hydroxyl groups is 1. The van der Waals surface area contributed by atoms with Crippen molar-refractivity contribution in [2.24, 2.45) is 0 Å². The van der Waals surface area contributed by atoms with Crippen molar-refractivity contribution in [3.8, 4) is 11.5 Å². The standard InChI is InChI=1S/C16H18BrNO2/c1-10-8-13(17)9-15(20-3)16(10)18-11(2)12-4-6-14(19)7-5-12/h4-9,11,18-19H,1-3H3. The third-order valence-electron chi connectivity index (χ3n) is 3.24. The molecule has 1 atom stereocenters. The molecule has 1 unspecified atom stereocenters. The van der Waals surface area contributed by atoms with E-state index < -0.39 is 0 Å². The van der Waals surface area contributed by atoms with E-state index in [9.17, 15) is 5.11 Å². The number of hydrogen-bond acceptors (Lipinski definition) is 3. The lowest BCUT2D eigenvalue weighted by Gasteiger charge is -2.20. The molecule has 0 saturated carbocycles. The number of ether oxygens (including phenoxy) is 1. The maximum Gasteiger partial charge on any atom is 0.143 e. The van der Waals surface area contributed by atoms with Crippen molar-refractivity contribution < 1.29 is 9.84 Å². The highest BCUT2D eigenvalue weighted by Crippen LogP contribution is 2.34. The predicted molar refractivity (Wildman–Crippen MR) is 85.6 cm³/mol. The van der Waals surface area contributed by atoms with Crippen LogP contribution in [0.1, 0.15) is 24.1 Å². The van der Waals surface area contributed by atoms with Crippen LogP contribution < -0.4 is 10.1 Å². The van der Waals surface area contributed by atoms with Gasteiger partial charge in [0.05, 0.1) is 12.8 Å². The van der Waals surface area contributed by atoms with Crippen LogP contribution in [-0.4, -0.2) is 12.2 Å². The van der Waals surface area contributed by atoms with Gasteiger partial charge in [-0.3, -0.25) is 0 Å². The molecule has 0 spiro atoms. The lowest BCUT2D eigenvalue weighted by molar-refractivity contribution is 0.415. The van der Waals surface area contributed by atoms with Crippen LogP contribution in [0.15, 0.2) is 40.9 Å². The largest absolute Gasteiger partial charge is 0.508 e. The van der Waals surface area contributed by atoms with Gasteiger partial charge in [-0.15, -0.1) is 0 Å². The third-order valence-corrected chi connectivity index (χ3v) is 3.70. The number of phenolic OH excluding ortho intramolecular Hbond substituents is 1. The molecule has 0 aliphatic heterocycles. The number of aryl methyl sites for hydroxylation is 1. The number of anilines is 1. The molecule has 2 N–H and O–H groups in total. The molecule has 2 rings (SSSR count). The number of hydrogen-bond donors (Lipinski definition) is 2. The van der Waals surface area contributed by atoms with E-state index in [0.29, 0.717) is 0 Å². The Morgan fingerprint density at radius 2 is 1.85 bits per heavy atom. The van der Waals surface area contributed by atoms with Crippen LogP contribution in [0, 0.1) is 6.92 Å². The summed E-state index contributed by atoms with van der Waals surface area (Å²) in [5, 5.41) is 12.8. The fourth-order valence-electron chi connectivity index (χ4n) is 2.12. The molecule has 0 radical (unpaired) electrons. The average Bonchev–Trinajstić information content (AvgIpc) is 2.42. The molecule has 3 nitrogen and oxygen atoms in total. The molecule has 106 valence electrons. The first kappa shape index (κ1) is 14.7. The van der Waals surface area contributed by atoms with Gasteiger partial charge in [0.15, 0.2) is 0 Å². The van der Waals surface area contributed by atoms with E-state index in [1.54, 1.807) is 19.2 Å². The highest BCUT2D eigenvalue weighted by Gasteiger charge is 2.12. The average molecular weight is 336 g/mol. The number of nitrogens with one attached hydrogen (secondary N) is 1. The Kier molecular flexibility index (Phi) is 4.55. The summed E-state index contributed by atoms with van der Waals surface area (Å²) in [5.41, 5.74) is 3.20. The van der Waals surface area contributed by atoms with Crippen LogP contribution in [0.25, 0.3) is 0 Å². The third kappa shape index (κ3) is 3.25. The lowest BCUT2D eigenvalue weighted by Crippen LogP contribution is -2.09. The van der Waals surface area contributed by atoms with Crippen molar-refractivity contribution in [1.29, 1.82) is 0 Å². The van der Waals surface area contributed by atoms with E-state index in [4.69, 9.17) is 4.74 Å². The van der Waals surface area contributed by atoms with E-state index in [2.05, 4.69) is 28.2 Å². The lowest BCUT2D eigenvalue weighted by atomic mass is 10.1. The molecule has 2 aromatic rings. The number of methoxy groups -OCH3 is 1. The van der Waals surface area contributed by atoms with Gasteiger partial charge < -0.3 is 15.2 Å². The second-order valence-electron chi connectivity index (χ2n) is 4.76. The monoisotopic (exact) mass is 335 g/mol. The van der Waals surface area contributed by atoms with Gasteiger partial charge in [-0.1, -0.05) is 28.1 Å². The van der Waals surface area contributed by atoms with Gasteiger partial charge in [0, 0.05) is 10.5 Å². The van der Waals surface area contributed by atoms with E-state index in [-0.39, 0.29) is 11.8 Å². The van der Waals surface area contributed by atoms with Gasteiger partial charge in [0.2, 0.25) is 0 Å². The molecular weight excluding hydrogens is 318 g/mol. The molecule has 0 amide bonds. The number of rotatable bonds is 4. The Morgan fingerprint density at radius 3 is 2.45 bits per heavy atom. The van der Waals surface area contributed by atoms with E-state index >= 15 is 0 Å². The van der Waals surface area contributed by atoms with Crippen molar-refractivity contribution in [3.63, 3.8) is 0 Å². The van der Waals surface area contributed by atoms with Gasteiger partial charge >= 0.3 is 0 Å². The van der Waals surface area contributed by atoms with Crippen LogP contribution >= 0.6 is 15.9 Å². The van der Waals surface area contributed by atoms with Crippen LogP contribution in [0.3, 0.4) is 0 Å². The minimum absolute atomic E-state index is 0.115. The van der Waals surface area contributed by atoms with Crippen molar-refractivity contribution in [1.82, 2.24) is 0 Å². The van der Waals surface area contributed by atoms with E-state index in [1.165, 1.54) is 0 Å². The van der Waals surface area contributed by atoms with Gasteiger partial charge in [-0.05, 0) is 49.2 Å². The second-order valence-corrected chi connectivity index (χ2v) is 5.67. The SMILES string of the molecule is COc1cc(Br)cc(C)c1NC(C)c1ccc(O)cc1. The normalized spacial score (nSPS) is 12.0. The summed E-state index contributed by atoms with van der Waals surface area (Å²) in [6.45, 7) is 4.12. The Labute approximate surface area is 127 Å². The highest BCUT2D eigenvalue weighted by molar-refractivity contribution is 9.10. The summed E-state index contributed by atoms with van der Waals surface area (Å²) in [6, 6.07) is 11.3. The predicted octanol–water partition coefficient (Wildman–Crippen LogP) is 4.64. The maximum absolute atomic E-state index is 9.34. The van der Waals surface area contributed by atoms with Crippen molar-refractivity contribution in [2.75, 3.05) is 12.4 Å². The molecule has 0 saturated heterocycles. The summed E-state index contributed by atoms with van der Waals surface area (Å²) >= 11 is 3.47. The molecule has 2 aromatic carbocycles. The Balaban J connectivity index is 2.27. The van der Waals surface area contributed by atoms with Gasteiger partial charge in [0.1, 0.15) is 11.5 Å². The van der Waals surface area contributed by atoms with Crippen molar-refractivity contribution >= 4 is 21.6 Å². The summed E-state index contributed by atoms with van der Waals surface area (Å²) in [5.74, 6) is 1.08. The van der Waals surface area contributed by atoms with Gasteiger partial charge in [-0.2, -0.15) is 0 Å². The van der Waals surface area contributed by atoms with Crippen LogP contribution in [0.5, 0.6) is 11.5 Å². The van der Waals surface area contributed by atoms with E-state index in [0.717, 1.165) is 27.0 Å². The summed E-state index contributed by atoms with van der Waals surface area (Å²) in [7, 11) is 1.66. The zero-order valence-electron chi connectivity index (χ0n) is 11.8. The summed E-state index contributed by atoms with van der Waals surface area (Å²) in [6.07, 6.45) is 0. The highest BCUT2D eigenvalue weighted by atomic mass is 79.9. The zero-order chi connectivity index (χ0) is 14.7. The number of halogens is 1. The first-order valence-corrected chi connectivity index (χ1v) is 7.20. The molecule has 0 fully saturated rings. The molecule has 4 heteroatoms. The molecule has 0 aliphatic carbocycles. The van der Waals surface area contributed by atoms with Crippen LogP contribution in [0.4, 0.5) is 5.69 Å². The Bertz CT molecular complexity index is 596. The maximum atomic E-state index is 9.34. The molecule has 20 heavy (non-hydrogen) atoms. The minimum Gasteiger partial charge on any atom is -0.508 e. The molecule has 0 aromatic heterocycles.